The first-order valence-electron chi connectivity index (χ1n) is 6.07. The topological polar surface area (TPSA) is 66.8 Å². The number of carbonyl (C=O) groups is 2. The van der Waals surface area contributed by atoms with Crippen molar-refractivity contribution in [3.63, 3.8) is 0 Å². The van der Waals surface area contributed by atoms with Crippen molar-refractivity contribution >= 4 is 11.9 Å². The molecule has 1 saturated carbocycles. The number of carboxylic acid groups (broad SMARTS) is 1. The smallest absolute Gasteiger partial charge is 0.308 e. The zero-order chi connectivity index (χ0) is 12.6. The molecule has 1 amide bonds. The van der Waals surface area contributed by atoms with Crippen LogP contribution in [0.5, 0.6) is 0 Å². The van der Waals surface area contributed by atoms with Gasteiger partial charge in [-0.2, -0.15) is 0 Å². The Hall–Kier alpha value is -1.10. The van der Waals surface area contributed by atoms with Gasteiger partial charge in [0.05, 0.1) is 5.92 Å². The molecular weight excluding hydrogens is 222 g/mol. The SMILES string of the molecule is COC1(C(=O)N2C[C@@H](C)[C@H](C(=O)O)C2)CCC1. The number of carboxylic acids is 1. The fourth-order valence-corrected chi connectivity index (χ4v) is 2.75. The van der Waals surface area contributed by atoms with Gasteiger partial charge in [-0.15, -0.1) is 0 Å². The number of ether oxygens (including phenoxy) is 1. The van der Waals surface area contributed by atoms with Gasteiger partial charge in [0.2, 0.25) is 0 Å². The molecule has 2 rings (SSSR count). The van der Waals surface area contributed by atoms with Crippen molar-refractivity contribution in [3.05, 3.63) is 0 Å². The van der Waals surface area contributed by atoms with E-state index < -0.39 is 17.5 Å². The van der Waals surface area contributed by atoms with Crippen LogP contribution in [0.15, 0.2) is 0 Å². The molecule has 0 aromatic rings. The average molecular weight is 241 g/mol. The Labute approximate surface area is 101 Å². The molecule has 2 fully saturated rings. The molecule has 2 atom stereocenters. The standard InChI is InChI=1S/C12H19NO4/c1-8-6-13(7-9(8)10(14)15)11(16)12(17-2)4-3-5-12/h8-9H,3-7H2,1-2H3,(H,14,15)/t8-,9-/m1/s1. The molecule has 0 unspecified atom stereocenters. The van der Waals surface area contributed by atoms with Crippen LogP contribution in [-0.2, 0) is 14.3 Å². The Bertz CT molecular complexity index is 332. The Morgan fingerprint density at radius 1 is 1.35 bits per heavy atom. The van der Waals surface area contributed by atoms with Gasteiger partial charge in [-0.05, 0) is 25.2 Å². The van der Waals surface area contributed by atoms with Crippen LogP contribution in [0.4, 0.5) is 0 Å². The third kappa shape index (κ3) is 1.92. The minimum atomic E-state index is -0.812. The molecule has 1 aliphatic carbocycles. The highest BCUT2D eigenvalue weighted by Crippen LogP contribution is 2.38. The zero-order valence-corrected chi connectivity index (χ0v) is 10.3. The quantitative estimate of drug-likeness (QED) is 0.791. The fraction of sp³-hybridized carbons (Fsp3) is 0.833. The lowest BCUT2D eigenvalue weighted by molar-refractivity contribution is -0.165. The number of aliphatic carboxylic acids is 1. The predicted octanol–water partition coefficient (Wildman–Crippen LogP) is 0.735. The monoisotopic (exact) mass is 241 g/mol. The lowest BCUT2D eigenvalue weighted by Gasteiger charge is -2.41. The maximum absolute atomic E-state index is 12.3. The minimum Gasteiger partial charge on any atom is -0.481 e. The molecule has 1 heterocycles. The zero-order valence-electron chi connectivity index (χ0n) is 10.3. The van der Waals surface area contributed by atoms with Crippen LogP contribution >= 0.6 is 0 Å². The molecule has 1 saturated heterocycles. The molecule has 17 heavy (non-hydrogen) atoms. The van der Waals surface area contributed by atoms with Gasteiger partial charge < -0.3 is 14.7 Å². The lowest BCUT2D eigenvalue weighted by atomic mass is 9.79. The van der Waals surface area contributed by atoms with Crippen molar-refractivity contribution in [2.75, 3.05) is 20.2 Å². The van der Waals surface area contributed by atoms with Crippen LogP contribution in [0, 0.1) is 11.8 Å². The molecule has 96 valence electrons. The number of likely N-dealkylation sites (tertiary alicyclic amines) is 1. The highest BCUT2D eigenvalue weighted by Gasteiger charge is 2.49. The van der Waals surface area contributed by atoms with E-state index in [1.807, 2.05) is 6.92 Å². The van der Waals surface area contributed by atoms with Gasteiger partial charge in [0.1, 0.15) is 5.60 Å². The fourth-order valence-electron chi connectivity index (χ4n) is 2.75. The number of rotatable bonds is 3. The summed E-state index contributed by atoms with van der Waals surface area (Å²) >= 11 is 0. The molecule has 0 spiro atoms. The Kier molecular flexibility index (Phi) is 3.12. The lowest BCUT2D eigenvalue weighted by Crippen LogP contribution is -2.54. The predicted molar refractivity (Wildman–Crippen MR) is 60.5 cm³/mol. The molecule has 5 heteroatoms. The Morgan fingerprint density at radius 3 is 2.35 bits per heavy atom. The van der Waals surface area contributed by atoms with Gasteiger partial charge in [-0.3, -0.25) is 9.59 Å². The van der Waals surface area contributed by atoms with E-state index in [1.165, 1.54) is 0 Å². The summed E-state index contributed by atoms with van der Waals surface area (Å²) in [5.41, 5.74) is -0.660. The highest BCUT2D eigenvalue weighted by molar-refractivity contribution is 5.87. The summed E-state index contributed by atoms with van der Waals surface area (Å²) in [5, 5.41) is 9.05. The summed E-state index contributed by atoms with van der Waals surface area (Å²) in [7, 11) is 1.56. The maximum Gasteiger partial charge on any atom is 0.308 e. The second kappa shape index (κ2) is 4.29. The van der Waals surface area contributed by atoms with Crippen molar-refractivity contribution < 1.29 is 19.4 Å². The third-order valence-corrected chi connectivity index (χ3v) is 4.16. The molecule has 5 nitrogen and oxygen atoms in total. The molecule has 0 bridgehead atoms. The number of hydrogen-bond donors (Lipinski definition) is 1. The van der Waals surface area contributed by atoms with Crippen molar-refractivity contribution in [2.45, 2.75) is 31.8 Å². The third-order valence-electron chi connectivity index (χ3n) is 4.16. The van der Waals surface area contributed by atoms with Gasteiger partial charge in [0.15, 0.2) is 0 Å². The molecule has 1 N–H and O–H groups in total. The number of nitrogens with zero attached hydrogens (tertiary/aromatic N) is 1. The normalized spacial score (nSPS) is 31.1. The van der Waals surface area contributed by atoms with E-state index in [0.29, 0.717) is 13.1 Å². The average Bonchev–Trinajstić information content (AvgIpc) is 2.59. The van der Waals surface area contributed by atoms with Gasteiger partial charge in [0, 0.05) is 20.2 Å². The van der Waals surface area contributed by atoms with Gasteiger partial charge in [0.25, 0.3) is 5.91 Å². The summed E-state index contributed by atoms with van der Waals surface area (Å²) in [6.07, 6.45) is 2.52. The summed E-state index contributed by atoms with van der Waals surface area (Å²) in [4.78, 5) is 25.0. The first-order valence-corrected chi connectivity index (χ1v) is 6.07. The first-order chi connectivity index (χ1) is 8.00. The Balaban J connectivity index is 2.05. The van der Waals surface area contributed by atoms with Crippen LogP contribution in [0.1, 0.15) is 26.2 Å². The summed E-state index contributed by atoms with van der Waals surface area (Å²) < 4.78 is 5.34. The summed E-state index contributed by atoms with van der Waals surface area (Å²) in [6.45, 7) is 2.73. The van der Waals surface area contributed by atoms with Gasteiger partial charge in [-0.1, -0.05) is 6.92 Å². The van der Waals surface area contributed by atoms with Gasteiger partial charge in [-0.25, -0.2) is 0 Å². The highest BCUT2D eigenvalue weighted by atomic mass is 16.5. The summed E-state index contributed by atoms with van der Waals surface area (Å²) in [6, 6.07) is 0. The van der Waals surface area contributed by atoms with Crippen LogP contribution in [0.3, 0.4) is 0 Å². The second-order valence-corrected chi connectivity index (χ2v) is 5.18. The number of amides is 1. The molecule has 2 aliphatic rings. The maximum atomic E-state index is 12.3. The van der Waals surface area contributed by atoms with E-state index in [4.69, 9.17) is 9.84 Å². The van der Waals surface area contributed by atoms with Crippen LogP contribution in [-0.4, -0.2) is 47.7 Å². The molecule has 0 aromatic heterocycles. The minimum absolute atomic E-state index is 0.0189. The molecule has 0 aromatic carbocycles. The Morgan fingerprint density at radius 2 is 2.00 bits per heavy atom. The van der Waals surface area contributed by atoms with Gasteiger partial charge >= 0.3 is 5.97 Å². The molecular formula is C12H19NO4. The van der Waals surface area contributed by atoms with E-state index in [0.717, 1.165) is 19.3 Å². The van der Waals surface area contributed by atoms with E-state index in [9.17, 15) is 9.59 Å². The van der Waals surface area contributed by atoms with E-state index >= 15 is 0 Å². The van der Waals surface area contributed by atoms with E-state index in [2.05, 4.69) is 0 Å². The summed E-state index contributed by atoms with van der Waals surface area (Å²) in [5.74, 6) is -1.26. The van der Waals surface area contributed by atoms with Crippen LogP contribution in [0.25, 0.3) is 0 Å². The van der Waals surface area contributed by atoms with Crippen molar-refractivity contribution in [1.82, 2.24) is 4.90 Å². The second-order valence-electron chi connectivity index (χ2n) is 5.18. The van der Waals surface area contributed by atoms with Crippen molar-refractivity contribution in [2.24, 2.45) is 11.8 Å². The van der Waals surface area contributed by atoms with E-state index in [-0.39, 0.29) is 11.8 Å². The van der Waals surface area contributed by atoms with Crippen molar-refractivity contribution in [3.8, 4) is 0 Å². The van der Waals surface area contributed by atoms with Crippen molar-refractivity contribution in [1.29, 1.82) is 0 Å². The molecule has 0 radical (unpaired) electrons. The van der Waals surface area contributed by atoms with E-state index in [1.54, 1.807) is 12.0 Å². The number of hydrogen-bond acceptors (Lipinski definition) is 3. The van der Waals surface area contributed by atoms with Crippen LogP contribution < -0.4 is 0 Å². The first kappa shape index (κ1) is 12.4. The number of carbonyl (C=O) groups excluding carboxylic acids is 1. The largest absolute Gasteiger partial charge is 0.481 e. The molecule has 1 aliphatic heterocycles. The number of methoxy groups -OCH3 is 1. The van der Waals surface area contributed by atoms with Crippen LogP contribution in [0.2, 0.25) is 0 Å².